The molecule has 0 N–H and O–H groups in total. The molecule has 18 heavy (non-hydrogen) atoms. The van der Waals surface area contributed by atoms with Crippen molar-refractivity contribution >= 4 is 16.7 Å². The van der Waals surface area contributed by atoms with Crippen molar-refractivity contribution in [2.75, 3.05) is 0 Å². The monoisotopic (exact) mass is 232 g/mol. The average molecular weight is 232 g/mol. The second kappa shape index (κ2) is 3.23. The zero-order valence-electron chi connectivity index (χ0n) is 9.42. The lowest BCUT2D eigenvalue weighted by atomic mass is 10.0. The second-order valence-electron chi connectivity index (χ2n) is 4.33. The van der Waals surface area contributed by atoms with Crippen molar-refractivity contribution < 1.29 is 4.79 Å². The van der Waals surface area contributed by atoms with Gasteiger partial charge in [0, 0.05) is 22.1 Å². The molecule has 0 atom stereocenters. The number of benzene rings is 2. The molecule has 3 heteroatoms. The van der Waals surface area contributed by atoms with Gasteiger partial charge in [-0.2, -0.15) is 5.10 Å². The Balaban J connectivity index is 2.23. The molecule has 0 unspecified atom stereocenters. The molecule has 0 radical (unpaired) electrons. The molecule has 1 aliphatic rings. The summed E-state index contributed by atoms with van der Waals surface area (Å²) >= 11 is 0. The lowest BCUT2D eigenvalue weighted by Gasteiger charge is -2.03. The number of fused-ring (bicyclic) bond motifs is 5. The highest BCUT2D eigenvalue weighted by atomic mass is 16.1. The average Bonchev–Trinajstić information content (AvgIpc) is 2.73. The van der Waals surface area contributed by atoms with E-state index in [-0.39, 0.29) is 5.78 Å². The highest BCUT2D eigenvalue weighted by Gasteiger charge is 2.28. The predicted molar refractivity (Wildman–Crippen MR) is 68.4 cm³/mol. The van der Waals surface area contributed by atoms with Crippen LogP contribution in [0.3, 0.4) is 0 Å². The van der Waals surface area contributed by atoms with Crippen molar-refractivity contribution in [1.82, 2.24) is 10.2 Å². The maximum atomic E-state index is 12.3. The number of aromatic nitrogens is 2. The molecular weight excluding hydrogens is 224 g/mol. The number of hydrogen-bond donors (Lipinski definition) is 0. The molecule has 0 saturated heterocycles. The molecule has 0 amide bonds. The Labute approximate surface area is 103 Å². The summed E-state index contributed by atoms with van der Waals surface area (Å²) in [5.41, 5.74) is 4.16. The normalized spacial score (nSPS) is 12.6. The Morgan fingerprint density at radius 2 is 1.67 bits per heavy atom. The fraction of sp³-hybridized carbons (Fsp3) is 0. The molecule has 3 nitrogen and oxygen atoms in total. The van der Waals surface area contributed by atoms with Gasteiger partial charge in [-0.25, -0.2) is 0 Å². The molecule has 1 aliphatic carbocycles. The fourth-order valence-electron chi connectivity index (χ4n) is 2.56. The molecule has 0 aliphatic heterocycles. The van der Waals surface area contributed by atoms with Crippen molar-refractivity contribution in [2.24, 2.45) is 0 Å². The van der Waals surface area contributed by atoms with Crippen LogP contribution in [-0.4, -0.2) is 16.0 Å². The topological polar surface area (TPSA) is 42.9 Å². The van der Waals surface area contributed by atoms with Gasteiger partial charge in [0.1, 0.15) is 5.52 Å². The quantitative estimate of drug-likeness (QED) is 0.468. The minimum atomic E-state index is 0.0770. The van der Waals surface area contributed by atoms with Gasteiger partial charge >= 0.3 is 0 Å². The van der Waals surface area contributed by atoms with Crippen LogP contribution in [0.1, 0.15) is 15.9 Å². The molecule has 3 aromatic rings. The Hall–Kier alpha value is -2.55. The summed E-state index contributed by atoms with van der Waals surface area (Å²) < 4.78 is 0. The van der Waals surface area contributed by atoms with Crippen molar-refractivity contribution in [3.05, 3.63) is 59.8 Å². The summed E-state index contributed by atoms with van der Waals surface area (Å²) in [5, 5.41) is 9.12. The van der Waals surface area contributed by atoms with E-state index in [9.17, 15) is 4.79 Å². The van der Waals surface area contributed by atoms with Gasteiger partial charge in [0.05, 0.1) is 6.20 Å². The van der Waals surface area contributed by atoms with Gasteiger partial charge in [-0.15, -0.1) is 5.10 Å². The standard InChI is InChI=1S/C15H8N2O/c18-15-11-4-2-1-3-10(11)13-12(15)6-5-9-7-8-16-17-14(9)13/h1-8H. The number of hydrogen-bond acceptors (Lipinski definition) is 3. The van der Waals surface area contributed by atoms with Crippen LogP contribution in [0.4, 0.5) is 0 Å². The Morgan fingerprint density at radius 1 is 0.833 bits per heavy atom. The maximum absolute atomic E-state index is 12.3. The van der Waals surface area contributed by atoms with Crippen LogP contribution in [0.5, 0.6) is 0 Å². The molecule has 0 bridgehead atoms. The largest absolute Gasteiger partial charge is 0.289 e. The van der Waals surface area contributed by atoms with Gasteiger partial charge in [-0.1, -0.05) is 30.3 Å². The van der Waals surface area contributed by atoms with E-state index in [1.54, 1.807) is 6.20 Å². The smallest absolute Gasteiger partial charge is 0.194 e. The van der Waals surface area contributed by atoms with E-state index in [4.69, 9.17) is 0 Å². The first-order valence-electron chi connectivity index (χ1n) is 5.75. The van der Waals surface area contributed by atoms with Crippen LogP contribution in [-0.2, 0) is 0 Å². The van der Waals surface area contributed by atoms with Crippen molar-refractivity contribution in [3.63, 3.8) is 0 Å². The van der Waals surface area contributed by atoms with Crippen LogP contribution in [0.2, 0.25) is 0 Å². The number of carbonyl (C=O) groups excluding carboxylic acids is 1. The van der Waals surface area contributed by atoms with Crippen molar-refractivity contribution in [3.8, 4) is 11.1 Å². The molecule has 84 valence electrons. The van der Waals surface area contributed by atoms with Gasteiger partial charge in [0.25, 0.3) is 0 Å². The molecule has 0 saturated carbocycles. The Morgan fingerprint density at radius 3 is 2.56 bits per heavy atom. The SMILES string of the molecule is O=C1c2ccccc2-c2c1ccc1ccnnc21. The zero-order chi connectivity index (χ0) is 12.1. The van der Waals surface area contributed by atoms with E-state index >= 15 is 0 Å². The molecule has 1 heterocycles. The van der Waals surface area contributed by atoms with Gasteiger partial charge in [0.2, 0.25) is 0 Å². The van der Waals surface area contributed by atoms with Crippen molar-refractivity contribution in [2.45, 2.75) is 0 Å². The third-order valence-electron chi connectivity index (χ3n) is 3.37. The molecular formula is C15H8N2O. The minimum absolute atomic E-state index is 0.0770. The molecule has 0 fully saturated rings. The number of carbonyl (C=O) groups is 1. The third-order valence-corrected chi connectivity index (χ3v) is 3.37. The summed E-state index contributed by atoms with van der Waals surface area (Å²) in [6.45, 7) is 0. The number of ketones is 1. The molecule has 1 aromatic heterocycles. The molecule has 2 aromatic carbocycles. The van der Waals surface area contributed by atoms with Crippen LogP contribution in [0.15, 0.2) is 48.7 Å². The van der Waals surface area contributed by atoms with Gasteiger partial charge in [-0.3, -0.25) is 4.79 Å². The van der Waals surface area contributed by atoms with E-state index in [2.05, 4.69) is 10.2 Å². The first-order chi connectivity index (χ1) is 8.86. The van der Waals surface area contributed by atoms with Crippen LogP contribution < -0.4 is 0 Å². The number of rotatable bonds is 0. The van der Waals surface area contributed by atoms with Gasteiger partial charge < -0.3 is 0 Å². The van der Waals surface area contributed by atoms with Crippen LogP contribution >= 0.6 is 0 Å². The highest BCUT2D eigenvalue weighted by Crippen LogP contribution is 2.39. The van der Waals surface area contributed by atoms with Crippen LogP contribution in [0, 0.1) is 0 Å². The first-order valence-corrected chi connectivity index (χ1v) is 5.75. The first kappa shape index (κ1) is 9.48. The van der Waals surface area contributed by atoms with E-state index in [1.165, 1.54) is 0 Å². The summed E-state index contributed by atoms with van der Waals surface area (Å²) in [7, 11) is 0. The summed E-state index contributed by atoms with van der Waals surface area (Å²) in [6.07, 6.45) is 1.66. The molecule has 4 rings (SSSR count). The lowest BCUT2D eigenvalue weighted by Crippen LogP contribution is -1.94. The predicted octanol–water partition coefficient (Wildman–Crippen LogP) is 2.84. The maximum Gasteiger partial charge on any atom is 0.194 e. The summed E-state index contributed by atoms with van der Waals surface area (Å²) in [4.78, 5) is 12.3. The Bertz CT molecular complexity index is 808. The highest BCUT2D eigenvalue weighted by molar-refractivity contribution is 6.25. The summed E-state index contributed by atoms with van der Waals surface area (Å²) in [6, 6.07) is 13.4. The Kier molecular flexibility index (Phi) is 1.70. The number of nitrogens with zero attached hydrogens (tertiary/aromatic N) is 2. The van der Waals surface area contributed by atoms with E-state index < -0.39 is 0 Å². The van der Waals surface area contributed by atoms with E-state index in [1.807, 2.05) is 42.5 Å². The van der Waals surface area contributed by atoms with E-state index in [0.29, 0.717) is 0 Å². The van der Waals surface area contributed by atoms with Gasteiger partial charge in [-0.05, 0) is 17.7 Å². The zero-order valence-corrected chi connectivity index (χ0v) is 9.42. The second-order valence-corrected chi connectivity index (χ2v) is 4.33. The lowest BCUT2D eigenvalue weighted by molar-refractivity contribution is 0.104. The third kappa shape index (κ3) is 1.06. The van der Waals surface area contributed by atoms with Gasteiger partial charge in [0.15, 0.2) is 5.78 Å². The fourth-order valence-corrected chi connectivity index (χ4v) is 2.56. The van der Waals surface area contributed by atoms with E-state index in [0.717, 1.165) is 33.2 Å². The summed E-state index contributed by atoms with van der Waals surface area (Å²) in [5.74, 6) is 0.0770. The van der Waals surface area contributed by atoms with Crippen molar-refractivity contribution in [1.29, 1.82) is 0 Å². The molecule has 0 spiro atoms. The van der Waals surface area contributed by atoms with Crippen LogP contribution in [0.25, 0.3) is 22.0 Å². The minimum Gasteiger partial charge on any atom is -0.289 e.